The maximum absolute atomic E-state index is 5.36. The van der Waals surface area contributed by atoms with E-state index in [0.717, 1.165) is 19.4 Å². The summed E-state index contributed by atoms with van der Waals surface area (Å²) in [4.78, 5) is 0. The molecule has 0 rings (SSSR count). The number of rotatable bonds is 9. The molecule has 0 aromatic carbocycles. The Kier molecular flexibility index (Phi) is 9.15. The van der Waals surface area contributed by atoms with Crippen molar-refractivity contribution < 1.29 is 14.2 Å². The molecule has 0 aliphatic heterocycles. The molecule has 0 aromatic rings. The van der Waals surface area contributed by atoms with Gasteiger partial charge in [0.2, 0.25) is 0 Å². The van der Waals surface area contributed by atoms with Crippen LogP contribution in [0.4, 0.5) is 0 Å². The molecular formula is C10H20O3. The van der Waals surface area contributed by atoms with Gasteiger partial charge in [0.25, 0.3) is 0 Å². The predicted molar refractivity (Wildman–Crippen MR) is 52.4 cm³/mol. The lowest BCUT2D eigenvalue weighted by molar-refractivity contribution is -0.136. The quantitative estimate of drug-likeness (QED) is 0.316. The van der Waals surface area contributed by atoms with Gasteiger partial charge in [0.15, 0.2) is 6.29 Å². The summed E-state index contributed by atoms with van der Waals surface area (Å²) >= 11 is 0. The second kappa shape index (κ2) is 9.55. The van der Waals surface area contributed by atoms with E-state index in [1.165, 1.54) is 6.26 Å². The number of hydrogen-bond donors (Lipinski definition) is 0. The fraction of sp³-hybridized carbons (Fsp3) is 0.800. The van der Waals surface area contributed by atoms with Gasteiger partial charge >= 0.3 is 0 Å². The minimum absolute atomic E-state index is 0.139. The first-order valence-electron chi connectivity index (χ1n) is 4.77. The van der Waals surface area contributed by atoms with E-state index in [0.29, 0.717) is 13.2 Å². The molecule has 3 heteroatoms. The van der Waals surface area contributed by atoms with E-state index in [1.54, 1.807) is 0 Å². The van der Waals surface area contributed by atoms with Gasteiger partial charge in [0, 0.05) is 6.61 Å². The first-order valence-corrected chi connectivity index (χ1v) is 4.77. The van der Waals surface area contributed by atoms with E-state index in [1.807, 2.05) is 6.92 Å². The molecule has 0 aliphatic carbocycles. The predicted octanol–water partition coefficient (Wildman–Crippen LogP) is 2.33. The molecule has 3 nitrogen and oxygen atoms in total. The molecule has 0 aromatic heterocycles. The van der Waals surface area contributed by atoms with Crippen molar-refractivity contribution in [3.63, 3.8) is 0 Å². The van der Waals surface area contributed by atoms with E-state index in [-0.39, 0.29) is 6.29 Å². The summed E-state index contributed by atoms with van der Waals surface area (Å²) in [6.45, 7) is 9.29. The maximum atomic E-state index is 5.36. The van der Waals surface area contributed by atoms with E-state index in [2.05, 4.69) is 13.5 Å². The largest absolute Gasteiger partial charge is 0.499 e. The molecule has 0 bridgehead atoms. The molecular weight excluding hydrogens is 168 g/mol. The number of unbranched alkanes of at least 4 members (excludes halogenated alkanes) is 1. The van der Waals surface area contributed by atoms with Gasteiger partial charge in [0.1, 0.15) is 6.61 Å². The van der Waals surface area contributed by atoms with Crippen molar-refractivity contribution in [2.75, 3.05) is 19.8 Å². The lowest BCUT2D eigenvalue weighted by atomic mass is 10.4. The van der Waals surface area contributed by atoms with Crippen LogP contribution < -0.4 is 0 Å². The van der Waals surface area contributed by atoms with Crippen LogP contribution >= 0.6 is 0 Å². The Morgan fingerprint density at radius 2 is 1.92 bits per heavy atom. The van der Waals surface area contributed by atoms with Crippen LogP contribution in [0.1, 0.15) is 26.7 Å². The van der Waals surface area contributed by atoms with Gasteiger partial charge in [-0.1, -0.05) is 19.9 Å². The van der Waals surface area contributed by atoms with E-state index >= 15 is 0 Å². The van der Waals surface area contributed by atoms with Gasteiger partial charge in [-0.3, -0.25) is 0 Å². The Morgan fingerprint density at radius 3 is 2.54 bits per heavy atom. The molecule has 0 fully saturated rings. The SMILES string of the molecule is C=COCCOC(C)OCCCC. The minimum atomic E-state index is -0.139. The van der Waals surface area contributed by atoms with Gasteiger partial charge in [-0.2, -0.15) is 0 Å². The van der Waals surface area contributed by atoms with Crippen molar-refractivity contribution in [2.24, 2.45) is 0 Å². The highest BCUT2D eigenvalue weighted by molar-refractivity contribution is 4.48. The van der Waals surface area contributed by atoms with Crippen LogP contribution in [0.2, 0.25) is 0 Å². The van der Waals surface area contributed by atoms with E-state index in [4.69, 9.17) is 14.2 Å². The summed E-state index contributed by atoms with van der Waals surface area (Å²) in [6, 6.07) is 0. The zero-order valence-corrected chi connectivity index (χ0v) is 8.62. The normalized spacial score (nSPS) is 12.5. The van der Waals surface area contributed by atoms with Gasteiger partial charge in [-0.15, -0.1) is 0 Å². The molecule has 78 valence electrons. The van der Waals surface area contributed by atoms with Crippen molar-refractivity contribution in [1.29, 1.82) is 0 Å². The maximum Gasteiger partial charge on any atom is 0.154 e. The Balaban J connectivity index is 3.09. The molecule has 1 atom stereocenters. The first kappa shape index (κ1) is 12.5. The second-order valence-electron chi connectivity index (χ2n) is 2.70. The third kappa shape index (κ3) is 9.37. The van der Waals surface area contributed by atoms with Gasteiger partial charge < -0.3 is 14.2 Å². The standard InChI is InChI=1S/C10H20O3/c1-4-6-7-12-10(3)13-9-8-11-5-2/h5,10H,2,4,6-9H2,1,3H3. The molecule has 0 amide bonds. The van der Waals surface area contributed by atoms with Crippen LogP contribution in [0.15, 0.2) is 12.8 Å². The molecule has 0 aliphatic rings. The van der Waals surface area contributed by atoms with Crippen molar-refractivity contribution in [1.82, 2.24) is 0 Å². The van der Waals surface area contributed by atoms with Crippen LogP contribution in [-0.2, 0) is 14.2 Å². The van der Waals surface area contributed by atoms with Crippen molar-refractivity contribution in [3.8, 4) is 0 Å². The summed E-state index contributed by atoms with van der Waals surface area (Å²) < 4.78 is 15.5. The molecule has 0 spiro atoms. The zero-order chi connectivity index (χ0) is 9.94. The van der Waals surface area contributed by atoms with E-state index in [9.17, 15) is 0 Å². The van der Waals surface area contributed by atoms with Crippen LogP contribution in [0, 0.1) is 0 Å². The molecule has 1 unspecified atom stereocenters. The third-order valence-corrected chi connectivity index (χ3v) is 1.52. The molecule has 0 N–H and O–H groups in total. The van der Waals surface area contributed by atoms with Gasteiger partial charge in [-0.25, -0.2) is 0 Å². The molecule has 0 heterocycles. The molecule has 0 saturated heterocycles. The van der Waals surface area contributed by atoms with Crippen molar-refractivity contribution in [2.45, 2.75) is 33.0 Å². The highest BCUT2D eigenvalue weighted by Crippen LogP contribution is 1.96. The summed E-state index contributed by atoms with van der Waals surface area (Å²) in [7, 11) is 0. The number of ether oxygens (including phenoxy) is 3. The Bertz CT molecular complexity index is 115. The smallest absolute Gasteiger partial charge is 0.154 e. The Hall–Kier alpha value is -0.540. The fourth-order valence-electron chi connectivity index (χ4n) is 0.787. The molecule has 0 radical (unpaired) electrons. The fourth-order valence-corrected chi connectivity index (χ4v) is 0.787. The summed E-state index contributed by atoms with van der Waals surface area (Å²) in [6.07, 6.45) is 3.50. The van der Waals surface area contributed by atoms with Crippen LogP contribution in [-0.4, -0.2) is 26.1 Å². The third-order valence-electron chi connectivity index (χ3n) is 1.52. The van der Waals surface area contributed by atoms with Crippen molar-refractivity contribution >= 4 is 0 Å². The topological polar surface area (TPSA) is 27.7 Å². The van der Waals surface area contributed by atoms with Crippen LogP contribution in [0.25, 0.3) is 0 Å². The van der Waals surface area contributed by atoms with Crippen molar-refractivity contribution in [3.05, 3.63) is 12.8 Å². The highest BCUT2D eigenvalue weighted by Gasteiger charge is 2.00. The summed E-state index contributed by atoms with van der Waals surface area (Å²) in [5, 5.41) is 0. The van der Waals surface area contributed by atoms with Crippen LogP contribution in [0.5, 0.6) is 0 Å². The highest BCUT2D eigenvalue weighted by atomic mass is 16.7. The Labute approximate surface area is 80.7 Å². The van der Waals surface area contributed by atoms with E-state index < -0.39 is 0 Å². The first-order chi connectivity index (χ1) is 6.31. The average Bonchev–Trinajstić information content (AvgIpc) is 2.13. The monoisotopic (exact) mass is 188 g/mol. The van der Waals surface area contributed by atoms with Gasteiger partial charge in [-0.05, 0) is 13.3 Å². The Morgan fingerprint density at radius 1 is 1.23 bits per heavy atom. The lowest BCUT2D eigenvalue weighted by Crippen LogP contribution is -2.16. The molecule has 0 saturated carbocycles. The number of hydrogen-bond acceptors (Lipinski definition) is 3. The second-order valence-corrected chi connectivity index (χ2v) is 2.70. The minimum Gasteiger partial charge on any atom is -0.499 e. The molecule has 13 heavy (non-hydrogen) atoms. The summed E-state index contributed by atoms with van der Waals surface area (Å²) in [5.41, 5.74) is 0. The zero-order valence-electron chi connectivity index (χ0n) is 8.62. The van der Waals surface area contributed by atoms with Gasteiger partial charge in [0.05, 0.1) is 12.9 Å². The van der Waals surface area contributed by atoms with Crippen LogP contribution in [0.3, 0.4) is 0 Å². The average molecular weight is 188 g/mol. The lowest BCUT2D eigenvalue weighted by Gasteiger charge is -2.13. The summed E-state index contributed by atoms with van der Waals surface area (Å²) in [5.74, 6) is 0.